The lowest BCUT2D eigenvalue weighted by atomic mass is 9.80. The normalized spacial score (nSPS) is 19.9. The largest absolute Gasteiger partial charge is 0.422 e. The molecule has 1 saturated carbocycles. The van der Waals surface area contributed by atoms with Gasteiger partial charge in [-0.25, -0.2) is 10.4 Å². The fourth-order valence-corrected chi connectivity index (χ4v) is 3.83. The summed E-state index contributed by atoms with van der Waals surface area (Å²) in [5.74, 6) is 2.14. The lowest BCUT2D eigenvalue weighted by Crippen LogP contribution is -2.13. The standard InChI is InChI=1S/C21H25BrN4O/c1-2-3-4-15-5-9-17(10-6-15)20-25-19(13-23)21(27-20)26-24-14-16-7-11-18(22)12-8-16/h7-8,11-12,14-15,17,26H,2-6,9-10H2,1H3/b24-14-. The molecule has 0 atom stereocenters. The van der Waals surface area contributed by atoms with Crippen molar-refractivity contribution >= 4 is 28.0 Å². The predicted molar refractivity (Wildman–Crippen MR) is 111 cm³/mol. The first kappa shape index (κ1) is 19.6. The van der Waals surface area contributed by atoms with Crippen molar-refractivity contribution < 1.29 is 4.42 Å². The molecule has 1 N–H and O–H groups in total. The Balaban J connectivity index is 1.60. The number of oxazole rings is 1. The van der Waals surface area contributed by atoms with Crippen LogP contribution >= 0.6 is 15.9 Å². The third-order valence-corrected chi connectivity index (χ3v) is 5.69. The molecule has 142 valence electrons. The van der Waals surface area contributed by atoms with Crippen molar-refractivity contribution in [1.29, 1.82) is 5.26 Å². The van der Waals surface area contributed by atoms with Gasteiger partial charge in [-0.2, -0.15) is 10.4 Å². The predicted octanol–water partition coefficient (Wildman–Crippen LogP) is 6.22. The Labute approximate surface area is 169 Å². The van der Waals surface area contributed by atoms with E-state index in [1.807, 2.05) is 24.3 Å². The summed E-state index contributed by atoms with van der Waals surface area (Å²) < 4.78 is 6.87. The molecule has 5 nitrogen and oxygen atoms in total. The summed E-state index contributed by atoms with van der Waals surface area (Å²) >= 11 is 3.41. The van der Waals surface area contributed by atoms with Gasteiger partial charge in [0.15, 0.2) is 0 Å². The molecule has 0 saturated heterocycles. The van der Waals surface area contributed by atoms with Gasteiger partial charge in [-0.1, -0.05) is 54.2 Å². The zero-order valence-electron chi connectivity index (χ0n) is 15.6. The lowest BCUT2D eigenvalue weighted by molar-refractivity contribution is 0.278. The topological polar surface area (TPSA) is 74.2 Å². The van der Waals surface area contributed by atoms with Gasteiger partial charge in [0.25, 0.3) is 5.88 Å². The molecule has 1 aromatic heterocycles. The van der Waals surface area contributed by atoms with Gasteiger partial charge < -0.3 is 4.42 Å². The highest BCUT2D eigenvalue weighted by Gasteiger charge is 2.27. The summed E-state index contributed by atoms with van der Waals surface area (Å²) in [4.78, 5) is 4.41. The first-order chi connectivity index (χ1) is 13.2. The lowest BCUT2D eigenvalue weighted by Gasteiger charge is -2.26. The highest BCUT2D eigenvalue weighted by Crippen LogP contribution is 2.38. The Morgan fingerprint density at radius 2 is 2.04 bits per heavy atom. The molecule has 1 fully saturated rings. The molecule has 1 aliphatic rings. The number of aromatic nitrogens is 1. The average Bonchev–Trinajstić information content (AvgIpc) is 3.11. The van der Waals surface area contributed by atoms with Crippen LogP contribution < -0.4 is 5.43 Å². The summed E-state index contributed by atoms with van der Waals surface area (Å²) in [5.41, 5.74) is 4.05. The van der Waals surface area contributed by atoms with Crippen LogP contribution in [0.25, 0.3) is 0 Å². The number of nitrogens with one attached hydrogen (secondary N) is 1. The van der Waals surface area contributed by atoms with E-state index in [-0.39, 0.29) is 5.69 Å². The number of hydrogen-bond donors (Lipinski definition) is 1. The van der Waals surface area contributed by atoms with Crippen molar-refractivity contribution in [1.82, 2.24) is 4.98 Å². The van der Waals surface area contributed by atoms with Crippen LogP contribution in [-0.2, 0) is 0 Å². The highest BCUT2D eigenvalue weighted by molar-refractivity contribution is 9.10. The van der Waals surface area contributed by atoms with Gasteiger partial charge in [-0.15, -0.1) is 0 Å². The smallest absolute Gasteiger partial charge is 0.252 e. The molecule has 0 aliphatic heterocycles. The quantitative estimate of drug-likeness (QED) is 0.419. The van der Waals surface area contributed by atoms with Crippen LogP contribution in [0.4, 0.5) is 5.88 Å². The third-order valence-electron chi connectivity index (χ3n) is 5.16. The molecule has 1 aliphatic carbocycles. The minimum absolute atomic E-state index is 0.270. The molecule has 0 radical (unpaired) electrons. The number of unbranched alkanes of at least 4 members (excludes halogenated alkanes) is 1. The van der Waals surface area contributed by atoms with Crippen molar-refractivity contribution in [3.05, 3.63) is 45.9 Å². The zero-order chi connectivity index (χ0) is 19.1. The minimum Gasteiger partial charge on any atom is -0.422 e. The van der Waals surface area contributed by atoms with Crippen molar-refractivity contribution in [3.8, 4) is 6.07 Å². The Morgan fingerprint density at radius 1 is 1.30 bits per heavy atom. The maximum atomic E-state index is 9.35. The SMILES string of the molecule is CCCCC1CCC(c2nc(C#N)c(N/N=C\c3ccc(Br)cc3)o2)CC1. The Morgan fingerprint density at radius 3 is 2.70 bits per heavy atom. The molecule has 0 spiro atoms. The number of nitrogens with zero attached hydrogens (tertiary/aromatic N) is 3. The highest BCUT2D eigenvalue weighted by atomic mass is 79.9. The van der Waals surface area contributed by atoms with E-state index in [2.05, 4.69) is 44.4 Å². The monoisotopic (exact) mass is 428 g/mol. The van der Waals surface area contributed by atoms with Gasteiger partial charge >= 0.3 is 0 Å². The minimum atomic E-state index is 0.270. The van der Waals surface area contributed by atoms with Gasteiger partial charge in [0.2, 0.25) is 11.6 Å². The van der Waals surface area contributed by atoms with Crippen LogP contribution in [0.15, 0.2) is 38.3 Å². The third kappa shape index (κ3) is 5.43. The van der Waals surface area contributed by atoms with E-state index in [4.69, 9.17) is 4.42 Å². The number of rotatable bonds is 7. The molecule has 2 aromatic rings. The van der Waals surface area contributed by atoms with E-state index < -0.39 is 0 Å². The van der Waals surface area contributed by atoms with Gasteiger partial charge in [0.1, 0.15) is 6.07 Å². The van der Waals surface area contributed by atoms with Crippen molar-refractivity contribution in [2.75, 3.05) is 5.43 Å². The summed E-state index contributed by atoms with van der Waals surface area (Å²) in [5, 5.41) is 13.5. The number of benzene rings is 1. The summed E-state index contributed by atoms with van der Waals surface area (Å²) in [6.07, 6.45) is 10.2. The van der Waals surface area contributed by atoms with Crippen molar-refractivity contribution in [2.45, 2.75) is 57.8 Å². The van der Waals surface area contributed by atoms with Gasteiger partial charge in [0, 0.05) is 10.4 Å². The Hall–Kier alpha value is -2.13. The molecule has 27 heavy (non-hydrogen) atoms. The average molecular weight is 429 g/mol. The Kier molecular flexibility index (Phi) is 7.05. The molecule has 0 unspecified atom stereocenters. The number of anilines is 1. The summed E-state index contributed by atoms with van der Waals surface area (Å²) in [6, 6.07) is 9.90. The fourth-order valence-electron chi connectivity index (χ4n) is 3.57. The molecule has 0 amide bonds. The van der Waals surface area contributed by atoms with Crippen LogP contribution in [0, 0.1) is 17.2 Å². The maximum Gasteiger partial charge on any atom is 0.252 e. The maximum absolute atomic E-state index is 9.35. The first-order valence-corrected chi connectivity index (χ1v) is 10.4. The fraction of sp³-hybridized carbons (Fsp3) is 0.476. The van der Waals surface area contributed by atoms with E-state index in [1.54, 1.807) is 6.21 Å². The van der Waals surface area contributed by atoms with Crippen molar-refractivity contribution in [2.24, 2.45) is 11.0 Å². The van der Waals surface area contributed by atoms with E-state index in [9.17, 15) is 5.26 Å². The number of hydrazone groups is 1. The van der Waals surface area contributed by atoms with Crippen LogP contribution in [0.2, 0.25) is 0 Å². The molecule has 6 heteroatoms. The van der Waals surface area contributed by atoms with Crippen LogP contribution in [0.5, 0.6) is 0 Å². The second-order valence-corrected chi connectivity index (χ2v) is 8.04. The number of hydrogen-bond acceptors (Lipinski definition) is 5. The van der Waals surface area contributed by atoms with Crippen molar-refractivity contribution in [3.63, 3.8) is 0 Å². The number of halogens is 1. The molecule has 3 rings (SSSR count). The van der Waals surface area contributed by atoms with E-state index in [0.29, 0.717) is 17.7 Å². The van der Waals surface area contributed by atoms with Crippen LogP contribution in [0.1, 0.15) is 74.9 Å². The Bertz CT molecular complexity index is 799. The van der Waals surface area contributed by atoms with Crippen LogP contribution in [-0.4, -0.2) is 11.2 Å². The second kappa shape index (κ2) is 9.70. The van der Waals surface area contributed by atoms with Gasteiger partial charge in [-0.05, 0) is 49.3 Å². The van der Waals surface area contributed by atoms with Crippen LogP contribution in [0.3, 0.4) is 0 Å². The first-order valence-electron chi connectivity index (χ1n) is 9.65. The molecular formula is C21H25BrN4O. The molecule has 1 heterocycles. The zero-order valence-corrected chi connectivity index (χ0v) is 17.2. The van der Waals surface area contributed by atoms with E-state index in [0.717, 1.165) is 28.8 Å². The van der Waals surface area contributed by atoms with Gasteiger partial charge in [-0.3, -0.25) is 0 Å². The molecule has 1 aromatic carbocycles. The second-order valence-electron chi connectivity index (χ2n) is 7.12. The van der Waals surface area contributed by atoms with Gasteiger partial charge in [0.05, 0.1) is 6.21 Å². The molecule has 0 bridgehead atoms. The summed E-state index contributed by atoms with van der Waals surface area (Å²) in [6.45, 7) is 2.25. The molecular weight excluding hydrogens is 404 g/mol. The number of nitriles is 1. The van der Waals surface area contributed by atoms with E-state index >= 15 is 0 Å². The van der Waals surface area contributed by atoms with E-state index in [1.165, 1.54) is 32.1 Å². The summed E-state index contributed by atoms with van der Waals surface area (Å²) in [7, 11) is 0.